The van der Waals surface area contributed by atoms with Crippen LogP contribution in [0.3, 0.4) is 0 Å². The van der Waals surface area contributed by atoms with Gasteiger partial charge in [0.2, 0.25) is 5.91 Å². The van der Waals surface area contributed by atoms with Gasteiger partial charge in [-0.05, 0) is 38.1 Å². The Bertz CT molecular complexity index is 691. The average molecular weight is 325 g/mol. The summed E-state index contributed by atoms with van der Waals surface area (Å²) in [6, 6.07) is 5.83. The van der Waals surface area contributed by atoms with Crippen molar-refractivity contribution < 1.29 is 4.79 Å². The highest BCUT2D eigenvalue weighted by molar-refractivity contribution is 5.78. The van der Waals surface area contributed by atoms with Crippen molar-refractivity contribution in [1.29, 1.82) is 0 Å². The van der Waals surface area contributed by atoms with Gasteiger partial charge in [0.05, 0.1) is 6.54 Å². The van der Waals surface area contributed by atoms with Gasteiger partial charge in [0.15, 0.2) is 0 Å². The van der Waals surface area contributed by atoms with E-state index in [0.717, 1.165) is 36.6 Å². The Morgan fingerprint density at radius 1 is 1.38 bits per heavy atom. The number of carbonyl (C=O) groups excluding carboxylic acids is 1. The molecule has 3 heterocycles. The number of aromatic nitrogens is 3. The summed E-state index contributed by atoms with van der Waals surface area (Å²) in [4.78, 5) is 29.4. The Morgan fingerprint density at radius 3 is 3.00 bits per heavy atom. The lowest BCUT2D eigenvalue weighted by Crippen LogP contribution is -2.37. The number of aryl methyl sites for hydroxylation is 1. The third-order valence-electron chi connectivity index (χ3n) is 4.30. The normalized spacial score (nSPS) is 17.5. The molecule has 6 nitrogen and oxygen atoms in total. The van der Waals surface area contributed by atoms with Gasteiger partial charge >= 0.3 is 0 Å². The van der Waals surface area contributed by atoms with Crippen LogP contribution in [0.5, 0.6) is 0 Å². The Morgan fingerprint density at radius 2 is 2.25 bits per heavy atom. The first-order valence-electron chi connectivity index (χ1n) is 8.26. The Labute approximate surface area is 142 Å². The van der Waals surface area contributed by atoms with E-state index in [1.165, 1.54) is 0 Å². The molecule has 126 valence electrons. The molecule has 3 rings (SSSR count). The average Bonchev–Trinajstić information content (AvgIpc) is 3.06. The van der Waals surface area contributed by atoms with Gasteiger partial charge in [-0.1, -0.05) is 6.07 Å². The third-order valence-corrected chi connectivity index (χ3v) is 4.30. The molecular formula is C18H23N5O. The molecule has 1 aliphatic rings. The van der Waals surface area contributed by atoms with Crippen LogP contribution in [0.25, 0.3) is 0 Å². The number of hydrogen-bond donors (Lipinski definition) is 0. The summed E-state index contributed by atoms with van der Waals surface area (Å²) in [5, 5.41) is 0. The van der Waals surface area contributed by atoms with Crippen molar-refractivity contribution in [3.8, 4) is 0 Å². The summed E-state index contributed by atoms with van der Waals surface area (Å²) in [7, 11) is 1.96. The second-order valence-corrected chi connectivity index (χ2v) is 6.42. The summed E-state index contributed by atoms with van der Waals surface area (Å²) in [5.74, 6) is 1.27. The fourth-order valence-corrected chi connectivity index (χ4v) is 3.05. The molecule has 1 saturated heterocycles. The van der Waals surface area contributed by atoms with Crippen LogP contribution in [0.4, 0.5) is 0 Å². The standard InChI is InChI=1S/C18H23N5O/c1-14-5-8-20-18(21-14)16-6-9-23(12-16)17(24)13-22(2)11-15-4-3-7-19-10-15/h3-5,7-8,10,16H,6,9,11-13H2,1-2H3/t16-/m0/s1. The predicted molar refractivity (Wildman–Crippen MR) is 91.3 cm³/mol. The Balaban J connectivity index is 1.53. The molecule has 2 aromatic heterocycles. The lowest BCUT2D eigenvalue weighted by atomic mass is 10.1. The van der Waals surface area contributed by atoms with E-state index in [2.05, 4.69) is 15.0 Å². The minimum Gasteiger partial charge on any atom is -0.341 e. The van der Waals surface area contributed by atoms with Crippen molar-refractivity contribution in [2.24, 2.45) is 0 Å². The summed E-state index contributed by atoms with van der Waals surface area (Å²) in [5.41, 5.74) is 2.08. The van der Waals surface area contributed by atoms with E-state index in [0.29, 0.717) is 13.1 Å². The molecule has 1 fully saturated rings. The first-order chi connectivity index (χ1) is 11.6. The number of amides is 1. The maximum atomic E-state index is 12.5. The smallest absolute Gasteiger partial charge is 0.236 e. The van der Waals surface area contributed by atoms with Crippen molar-refractivity contribution in [2.45, 2.75) is 25.8 Å². The monoisotopic (exact) mass is 325 g/mol. The number of rotatable bonds is 5. The molecule has 0 N–H and O–H groups in total. The highest BCUT2D eigenvalue weighted by Crippen LogP contribution is 2.24. The molecule has 6 heteroatoms. The second kappa shape index (κ2) is 7.49. The van der Waals surface area contributed by atoms with Crippen LogP contribution in [0.15, 0.2) is 36.8 Å². The van der Waals surface area contributed by atoms with Crippen LogP contribution in [0, 0.1) is 6.92 Å². The fourth-order valence-electron chi connectivity index (χ4n) is 3.05. The van der Waals surface area contributed by atoms with Gasteiger partial charge in [0.25, 0.3) is 0 Å². The van der Waals surface area contributed by atoms with E-state index >= 15 is 0 Å². The van der Waals surface area contributed by atoms with E-state index in [1.54, 1.807) is 12.4 Å². The molecule has 2 aromatic rings. The van der Waals surface area contributed by atoms with Crippen molar-refractivity contribution in [3.05, 3.63) is 53.9 Å². The van der Waals surface area contributed by atoms with Gasteiger partial charge in [-0.2, -0.15) is 0 Å². The molecule has 0 saturated carbocycles. The van der Waals surface area contributed by atoms with Crippen LogP contribution in [0.1, 0.15) is 29.4 Å². The Kier molecular flexibility index (Phi) is 5.15. The lowest BCUT2D eigenvalue weighted by molar-refractivity contribution is -0.131. The zero-order valence-corrected chi connectivity index (χ0v) is 14.2. The molecule has 0 spiro atoms. The van der Waals surface area contributed by atoms with E-state index in [9.17, 15) is 4.79 Å². The Hall–Kier alpha value is -2.34. The molecule has 0 radical (unpaired) electrons. The van der Waals surface area contributed by atoms with Gasteiger partial charge in [-0.15, -0.1) is 0 Å². The second-order valence-electron chi connectivity index (χ2n) is 6.42. The van der Waals surface area contributed by atoms with E-state index in [4.69, 9.17) is 0 Å². The molecule has 0 aliphatic carbocycles. The fraction of sp³-hybridized carbons (Fsp3) is 0.444. The van der Waals surface area contributed by atoms with Crippen LogP contribution in [-0.4, -0.2) is 57.3 Å². The number of likely N-dealkylation sites (tertiary alicyclic amines) is 1. The molecule has 0 bridgehead atoms. The van der Waals surface area contributed by atoms with Gasteiger partial charge in [0.1, 0.15) is 5.82 Å². The SMILES string of the molecule is Cc1ccnc([C@H]2CCN(C(=O)CN(C)Cc3cccnc3)C2)n1. The first kappa shape index (κ1) is 16.5. The molecule has 0 unspecified atom stereocenters. The molecule has 0 aromatic carbocycles. The molecule has 24 heavy (non-hydrogen) atoms. The summed E-state index contributed by atoms with van der Waals surface area (Å²) in [6.45, 7) is 4.59. The van der Waals surface area contributed by atoms with Gasteiger partial charge in [0, 0.05) is 49.8 Å². The summed E-state index contributed by atoms with van der Waals surface area (Å²) in [6.07, 6.45) is 6.32. The van der Waals surface area contributed by atoms with E-state index < -0.39 is 0 Å². The van der Waals surface area contributed by atoms with E-state index in [-0.39, 0.29) is 11.8 Å². The van der Waals surface area contributed by atoms with Crippen molar-refractivity contribution in [2.75, 3.05) is 26.7 Å². The molecule has 1 atom stereocenters. The minimum absolute atomic E-state index is 0.163. The van der Waals surface area contributed by atoms with Gasteiger partial charge in [-0.25, -0.2) is 9.97 Å². The topological polar surface area (TPSA) is 62.2 Å². The largest absolute Gasteiger partial charge is 0.341 e. The number of carbonyl (C=O) groups is 1. The molecular weight excluding hydrogens is 302 g/mol. The van der Waals surface area contributed by atoms with Crippen LogP contribution >= 0.6 is 0 Å². The number of likely N-dealkylation sites (N-methyl/N-ethyl adjacent to an activating group) is 1. The highest BCUT2D eigenvalue weighted by atomic mass is 16.2. The zero-order chi connectivity index (χ0) is 16.9. The quantitative estimate of drug-likeness (QED) is 0.836. The van der Waals surface area contributed by atoms with Crippen molar-refractivity contribution in [3.63, 3.8) is 0 Å². The number of pyridine rings is 1. The predicted octanol–water partition coefficient (Wildman–Crippen LogP) is 1.63. The molecule has 1 amide bonds. The number of hydrogen-bond acceptors (Lipinski definition) is 5. The van der Waals surface area contributed by atoms with Crippen molar-refractivity contribution >= 4 is 5.91 Å². The number of nitrogens with zero attached hydrogens (tertiary/aromatic N) is 5. The minimum atomic E-state index is 0.163. The van der Waals surface area contributed by atoms with Gasteiger partial charge < -0.3 is 4.90 Å². The first-order valence-corrected chi connectivity index (χ1v) is 8.26. The van der Waals surface area contributed by atoms with Crippen LogP contribution < -0.4 is 0 Å². The highest BCUT2D eigenvalue weighted by Gasteiger charge is 2.29. The van der Waals surface area contributed by atoms with E-state index in [1.807, 2.05) is 48.2 Å². The van der Waals surface area contributed by atoms with Crippen LogP contribution in [0.2, 0.25) is 0 Å². The summed E-state index contributed by atoms with van der Waals surface area (Å²) < 4.78 is 0. The molecule has 1 aliphatic heterocycles. The van der Waals surface area contributed by atoms with Crippen molar-refractivity contribution in [1.82, 2.24) is 24.8 Å². The zero-order valence-electron chi connectivity index (χ0n) is 14.2. The lowest BCUT2D eigenvalue weighted by Gasteiger charge is -2.21. The van der Waals surface area contributed by atoms with Gasteiger partial charge in [-0.3, -0.25) is 14.7 Å². The maximum absolute atomic E-state index is 12.5. The summed E-state index contributed by atoms with van der Waals surface area (Å²) >= 11 is 0. The third kappa shape index (κ3) is 4.14. The maximum Gasteiger partial charge on any atom is 0.236 e. The van der Waals surface area contributed by atoms with Crippen LogP contribution in [-0.2, 0) is 11.3 Å².